The van der Waals surface area contributed by atoms with Crippen LogP contribution in [0.1, 0.15) is 45.2 Å². The molecule has 3 heteroatoms. The van der Waals surface area contributed by atoms with Crippen LogP contribution in [-0.4, -0.2) is 29.5 Å². The van der Waals surface area contributed by atoms with E-state index in [0.29, 0.717) is 0 Å². The van der Waals surface area contributed by atoms with Gasteiger partial charge in [-0.1, -0.05) is 20.3 Å². The van der Waals surface area contributed by atoms with E-state index in [1.165, 1.54) is 37.2 Å². The van der Waals surface area contributed by atoms with Gasteiger partial charge in [0, 0.05) is 31.5 Å². The van der Waals surface area contributed by atoms with E-state index >= 15 is 0 Å². The van der Waals surface area contributed by atoms with Crippen molar-refractivity contribution in [3.63, 3.8) is 0 Å². The molecular formula is C16H27N3. The predicted octanol–water partition coefficient (Wildman–Crippen LogP) is 3.53. The highest BCUT2D eigenvalue weighted by Gasteiger charge is 2.20. The van der Waals surface area contributed by atoms with Crippen LogP contribution < -0.4 is 5.32 Å². The average molecular weight is 261 g/mol. The van der Waals surface area contributed by atoms with Gasteiger partial charge in [0.05, 0.1) is 5.69 Å². The molecule has 0 saturated heterocycles. The summed E-state index contributed by atoms with van der Waals surface area (Å²) in [6, 6.07) is 4.25. The Kier molecular flexibility index (Phi) is 5.64. The molecule has 0 amide bonds. The van der Waals surface area contributed by atoms with Crippen LogP contribution in [0.3, 0.4) is 0 Å². The summed E-state index contributed by atoms with van der Waals surface area (Å²) in [6.45, 7) is 8.80. The Bertz CT molecular complexity index is 374. The van der Waals surface area contributed by atoms with Gasteiger partial charge in [0.15, 0.2) is 0 Å². The van der Waals surface area contributed by atoms with Crippen molar-refractivity contribution in [1.82, 2.24) is 9.88 Å². The van der Waals surface area contributed by atoms with Crippen LogP contribution in [0.4, 0.5) is 5.69 Å². The van der Waals surface area contributed by atoms with Gasteiger partial charge in [0.25, 0.3) is 0 Å². The maximum absolute atomic E-state index is 4.50. The van der Waals surface area contributed by atoms with Crippen LogP contribution in [0, 0.1) is 5.92 Å². The Hall–Kier alpha value is -1.09. The van der Waals surface area contributed by atoms with Gasteiger partial charge in [-0.25, -0.2) is 0 Å². The molecule has 106 valence electrons. The van der Waals surface area contributed by atoms with Crippen LogP contribution in [-0.2, 0) is 6.54 Å². The Morgan fingerprint density at radius 2 is 2.21 bits per heavy atom. The summed E-state index contributed by atoms with van der Waals surface area (Å²) in [7, 11) is 0. The van der Waals surface area contributed by atoms with Crippen molar-refractivity contribution in [2.45, 2.75) is 46.1 Å². The van der Waals surface area contributed by atoms with Crippen molar-refractivity contribution in [2.75, 3.05) is 25.0 Å². The van der Waals surface area contributed by atoms with Crippen molar-refractivity contribution in [2.24, 2.45) is 5.92 Å². The van der Waals surface area contributed by atoms with Crippen molar-refractivity contribution in [3.05, 3.63) is 24.0 Å². The Morgan fingerprint density at radius 1 is 1.37 bits per heavy atom. The van der Waals surface area contributed by atoms with E-state index < -0.39 is 0 Å². The summed E-state index contributed by atoms with van der Waals surface area (Å²) in [6.07, 6.45) is 7.34. The van der Waals surface area contributed by atoms with Crippen molar-refractivity contribution >= 4 is 5.69 Å². The fraction of sp³-hybridized carbons (Fsp3) is 0.688. The lowest BCUT2D eigenvalue weighted by Crippen LogP contribution is -2.32. The zero-order valence-electron chi connectivity index (χ0n) is 12.4. The molecule has 1 aromatic heterocycles. The van der Waals surface area contributed by atoms with E-state index in [0.717, 1.165) is 32.0 Å². The van der Waals surface area contributed by atoms with Crippen LogP contribution >= 0.6 is 0 Å². The molecule has 1 aliphatic rings. The van der Waals surface area contributed by atoms with Crippen molar-refractivity contribution < 1.29 is 0 Å². The Morgan fingerprint density at radius 3 is 2.84 bits per heavy atom. The second-order valence-electron chi connectivity index (χ2n) is 5.59. The van der Waals surface area contributed by atoms with Gasteiger partial charge >= 0.3 is 0 Å². The number of aromatic nitrogens is 1. The monoisotopic (exact) mass is 261 g/mol. The highest BCUT2D eigenvalue weighted by molar-refractivity contribution is 5.43. The van der Waals surface area contributed by atoms with E-state index in [9.17, 15) is 0 Å². The first kappa shape index (κ1) is 14.3. The minimum Gasteiger partial charge on any atom is -0.385 e. The minimum absolute atomic E-state index is 0.932. The minimum atomic E-state index is 0.932. The van der Waals surface area contributed by atoms with E-state index in [2.05, 4.69) is 41.2 Å². The standard InChI is InChI=1S/C16H27N3/c1-3-9-17-15-8-10-18-16(11-15)13-19(4-2)12-14-6-5-7-14/h8,10-11,14H,3-7,9,12-13H2,1-2H3,(H,17,18). The fourth-order valence-corrected chi connectivity index (χ4v) is 2.52. The normalized spacial score (nSPS) is 15.5. The third-order valence-electron chi connectivity index (χ3n) is 3.97. The number of hydrogen-bond donors (Lipinski definition) is 1. The highest BCUT2D eigenvalue weighted by Crippen LogP contribution is 2.27. The molecule has 0 aromatic carbocycles. The van der Waals surface area contributed by atoms with E-state index in [4.69, 9.17) is 0 Å². The molecule has 1 fully saturated rings. The number of nitrogens with zero attached hydrogens (tertiary/aromatic N) is 2. The topological polar surface area (TPSA) is 28.2 Å². The van der Waals surface area contributed by atoms with Gasteiger partial charge in [0.1, 0.15) is 0 Å². The average Bonchev–Trinajstić information content (AvgIpc) is 2.39. The molecule has 0 radical (unpaired) electrons. The molecular weight excluding hydrogens is 234 g/mol. The molecule has 0 bridgehead atoms. The molecule has 1 aliphatic carbocycles. The quantitative estimate of drug-likeness (QED) is 0.776. The van der Waals surface area contributed by atoms with E-state index in [1.807, 2.05) is 6.20 Å². The molecule has 1 aromatic rings. The summed E-state index contributed by atoms with van der Waals surface area (Å²) in [5.74, 6) is 0.932. The lowest BCUT2D eigenvalue weighted by atomic mass is 9.85. The van der Waals surface area contributed by atoms with Crippen LogP contribution in [0.5, 0.6) is 0 Å². The first-order valence-electron chi connectivity index (χ1n) is 7.73. The summed E-state index contributed by atoms with van der Waals surface area (Å²) < 4.78 is 0. The third kappa shape index (κ3) is 4.50. The molecule has 19 heavy (non-hydrogen) atoms. The van der Waals surface area contributed by atoms with Gasteiger partial charge in [-0.15, -0.1) is 0 Å². The molecule has 3 nitrogen and oxygen atoms in total. The molecule has 2 rings (SSSR count). The van der Waals surface area contributed by atoms with Gasteiger partial charge < -0.3 is 5.32 Å². The van der Waals surface area contributed by atoms with E-state index in [-0.39, 0.29) is 0 Å². The summed E-state index contributed by atoms with van der Waals surface area (Å²) in [5.41, 5.74) is 2.38. The van der Waals surface area contributed by atoms with Crippen LogP contribution in [0.2, 0.25) is 0 Å². The first-order valence-corrected chi connectivity index (χ1v) is 7.73. The zero-order chi connectivity index (χ0) is 13.5. The third-order valence-corrected chi connectivity index (χ3v) is 3.97. The van der Waals surface area contributed by atoms with Gasteiger partial charge in [-0.2, -0.15) is 0 Å². The predicted molar refractivity (Wildman–Crippen MR) is 81.3 cm³/mol. The lowest BCUT2D eigenvalue weighted by Gasteiger charge is -2.31. The molecule has 0 spiro atoms. The van der Waals surface area contributed by atoms with Crippen LogP contribution in [0.25, 0.3) is 0 Å². The maximum atomic E-state index is 4.50. The lowest BCUT2D eigenvalue weighted by molar-refractivity contribution is 0.177. The number of hydrogen-bond acceptors (Lipinski definition) is 3. The van der Waals surface area contributed by atoms with Crippen molar-refractivity contribution in [1.29, 1.82) is 0 Å². The number of pyridine rings is 1. The summed E-state index contributed by atoms with van der Waals surface area (Å²) >= 11 is 0. The van der Waals surface area contributed by atoms with Gasteiger partial charge in [-0.3, -0.25) is 9.88 Å². The first-order chi connectivity index (χ1) is 9.31. The molecule has 1 N–H and O–H groups in total. The summed E-state index contributed by atoms with van der Waals surface area (Å²) in [4.78, 5) is 7.03. The molecule has 0 atom stereocenters. The zero-order valence-corrected chi connectivity index (χ0v) is 12.4. The molecule has 0 aliphatic heterocycles. The Labute approximate surface area is 117 Å². The largest absolute Gasteiger partial charge is 0.385 e. The van der Waals surface area contributed by atoms with Gasteiger partial charge in [0.2, 0.25) is 0 Å². The number of anilines is 1. The smallest absolute Gasteiger partial charge is 0.0564 e. The second kappa shape index (κ2) is 7.49. The van der Waals surface area contributed by atoms with Gasteiger partial charge in [-0.05, 0) is 43.9 Å². The summed E-state index contributed by atoms with van der Waals surface area (Å²) in [5, 5.41) is 3.43. The Balaban J connectivity index is 1.88. The van der Waals surface area contributed by atoms with Crippen molar-refractivity contribution in [3.8, 4) is 0 Å². The molecule has 1 saturated carbocycles. The second-order valence-corrected chi connectivity index (χ2v) is 5.59. The number of rotatable bonds is 8. The van der Waals surface area contributed by atoms with Crippen LogP contribution in [0.15, 0.2) is 18.3 Å². The fourth-order valence-electron chi connectivity index (χ4n) is 2.52. The number of nitrogens with one attached hydrogen (secondary N) is 1. The van der Waals surface area contributed by atoms with E-state index in [1.54, 1.807) is 0 Å². The highest BCUT2D eigenvalue weighted by atomic mass is 15.1. The molecule has 0 unspecified atom stereocenters. The molecule has 1 heterocycles. The maximum Gasteiger partial charge on any atom is 0.0564 e. The SMILES string of the molecule is CCCNc1ccnc(CN(CC)CC2CCC2)c1.